The summed E-state index contributed by atoms with van der Waals surface area (Å²) in [7, 11) is 0. The number of ketones is 1. The monoisotopic (exact) mass is 560 g/mol. The van der Waals surface area contributed by atoms with Crippen molar-refractivity contribution in [2.45, 2.75) is 108 Å². The van der Waals surface area contributed by atoms with E-state index < -0.39 is 80.6 Å². The van der Waals surface area contributed by atoms with Gasteiger partial charge in [0, 0.05) is 35.5 Å². The van der Waals surface area contributed by atoms with Crippen molar-refractivity contribution in [3.63, 3.8) is 0 Å². The molecular weight excluding hydrogens is 524 g/mol. The van der Waals surface area contributed by atoms with Gasteiger partial charge in [0.1, 0.15) is 23.1 Å². The number of carboxylic acid groups (broad SMARTS) is 1. The molecule has 7 rings (SSSR count). The van der Waals surface area contributed by atoms with Crippen molar-refractivity contribution < 1.29 is 53.1 Å². The molecular formula is C29H36O11. The Hall–Kier alpha value is -2.31. The van der Waals surface area contributed by atoms with Gasteiger partial charge in [-0.2, -0.15) is 0 Å². The van der Waals surface area contributed by atoms with Gasteiger partial charge in [0.15, 0.2) is 17.5 Å². The number of fused-ring (bicyclic) bond motifs is 3. The molecule has 0 radical (unpaired) electrons. The van der Waals surface area contributed by atoms with Gasteiger partial charge in [-0.25, -0.2) is 0 Å². The number of aliphatic hydroxyl groups excluding tert-OH is 1. The highest BCUT2D eigenvalue weighted by Gasteiger charge is 3.02. The van der Waals surface area contributed by atoms with Crippen LogP contribution in [0.1, 0.15) is 77.6 Å². The first-order chi connectivity index (χ1) is 18.5. The zero-order valence-electron chi connectivity index (χ0n) is 23.5. The maximum Gasteiger partial charge on any atom is 0.306 e. The number of carboxylic acids is 1. The second kappa shape index (κ2) is 7.00. The summed E-state index contributed by atoms with van der Waals surface area (Å²) in [6.07, 6.45) is -0.385. The third kappa shape index (κ3) is 2.27. The highest BCUT2D eigenvalue weighted by atomic mass is 16.9. The topological polar surface area (TPSA) is 162 Å². The number of aliphatic hydroxyl groups is 2. The van der Waals surface area contributed by atoms with E-state index in [0.29, 0.717) is 5.56 Å². The van der Waals surface area contributed by atoms with Crippen molar-refractivity contribution in [1.82, 2.24) is 0 Å². The van der Waals surface area contributed by atoms with E-state index in [4.69, 9.17) is 23.4 Å². The largest absolute Gasteiger partial charge is 0.481 e. The van der Waals surface area contributed by atoms with E-state index in [2.05, 4.69) is 0 Å². The third-order valence-electron chi connectivity index (χ3n) is 12.2. The van der Waals surface area contributed by atoms with Crippen LogP contribution < -0.4 is 0 Å². The number of hydrogen-bond acceptors (Lipinski definition) is 10. The van der Waals surface area contributed by atoms with E-state index in [0.717, 1.165) is 0 Å². The molecule has 218 valence electrons. The SMILES string of the molecule is CCC12OC3(C)OC14C(C(C)(C)C(=O)c1ccoc1)CC(=O)OC4C1(O)C(O)C4(C)CC1(O3)C2(C)C4CC(=O)O. The van der Waals surface area contributed by atoms with Crippen LogP contribution in [0.3, 0.4) is 0 Å². The van der Waals surface area contributed by atoms with Gasteiger partial charge in [0.25, 0.3) is 5.97 Å². The van der Waals surface area contributed by atoms with E-state index in [-0.39, 0.29) is 31.5 Å². The van der Waals surface area contributed by atoms with Crippen LogP contribution in [0.2, 0.25) is 0 Å². The van der Waals surface area contributed by atoms with Crippen LogP contribution in [0.4, 0.5) is 0 Å². The van der Waals surface area contributed by atoms with Gasteiger partial charge >= 0.3 is 11.9 Å². The third-order valence-corrected chi connectivity index (χ3v) is 12.2. The van der Waals surface area contributed by atoms with E-state index in [1.54, 1.807) is 33.8 Å². The standard InChI is InChI=1S/C29H36O11/c1-7-26-24(5)16(10-17(30)31)23(4)13-27(24)28(35,20(23)34)21-29(26,40-25(6,38-26)39-27)15(11-18(32)37-21)22(2,3)19(33)14-8-9-36-12-14/h8-9,12,15-16,20-21,34-35H,7,10-11,13H2,1-6H3,(H,30,31). The Morgan fingerprint density at radius 3 is 2.45 bits per heavy atom. The van der Waals surface area contributed by atoms with Gasteiger partial charge in [-0.05, 0) is 24.8 Å². The van der Waals surface area contributed by atoms with Crippen LogP contribution in [0.25, 0.3) is 0 Å². The molecule has 4 bridgehead atoms. The van der Waals surface area contributed by atoms with Crippen molar-refractivity contribution >= 4 is 17.7 Å². The fraction of sp³-hybridized carbons (Fsp3) is 0.759. The van der Waals surface area contributed by atoms with Crippen LogP contribution in [0.15, 0.2) is 23.0 Å². The quantitative estimate of drug-likeness (QED) is 0.346. The number of carbonyl (C=O) groups excluding carboxylic acids is 2. The summed E-state index contributed by atoms with van der Waals surface area (Å²) in [5.41, 5.74) is -10.1. The van der Waals surface area contributed by atoms with Crippen molar-refractivity contribution in [2.75, 3.05) is 0 Å². The predicted octanol–water partition coefficient (Wildman–Crippen LogP) is 2.42. The Morgan fingerprint density at radius 1 is 1.15 bits per heavy atom. The van der Waals surface area contributed by atoms with Crippen molar-refractivity contribution in [2.24, 2.45) is 28.1 Å². The molecule has 3 aliphatic carbocycles. The molecule has 0 amide bonds. The summed E-state index contributed by atoms with van der Waals surface area (Å²) < 4.78 is 31.6. The molecule has 4 heterocycles. The zero-order chi connectivity index (χ0) is 29.1. The Bertz CT molecular complexity index is 1360. The Kier molecular flexibility index (Phi) is 4.65. The predicted molar refractivity (Wildman–Crippen MR) is 132 cm³/mol. The molecule has 1 aromatic heterocycles. The molecule has 2 spiro atoms. The number of carbonyl (C=O) groups is 3. The van der Waals surface area contributed by atoms with Gasteiger partial charge in [-0.1, -0.05) is 34.6 Å². The van der Waals surface area contributed by atoms with Gasteiger partial charge in [0.2, 0.25) is 0 Å². The first-order valence-corrected chi connectivity index (χ1v) is 14.0. The Labute approximate surface area is 231 Å². The molecule has 3 saturated carbocycles. The first-order valence-electron chi connectivity index (χ1n) is 14.0. The lowest BCUT2D eigenvalue weighted by atomic mass is 9.36. The summed E-state index contributed by atoms with van der Waals surface area (Å²) in [5.74, 6) is -5.36. The average Bonchev–Trinajstić information content (AvgIpc) is 3.56. The minimum atomic E-state index is -2.17. The second-order valence-corrected chi connectivity index (χ2v) is 13.9. The minimum Gasteiger partial charge on any atom is -0.481 e. The number of Topliss-reactive ketones (excluding diaryl/α,β-unsaturated/α-hetero) is 1. The normalized spacial score (nSPS) is 53.5. The van der Waals surface area contributed by atoms with Gasteiger partial charge in [0.05, 0.1) is 24.4 Å². The van der Waals surface area contributed by atoms with Crippen molar-refractivity contribution in [1.29, 1.82) is 0 Å². The fourth-order valence-electron chi connectivity index (χ4n) is 11.1. The number of furan rings is 1. The molecule has 11 nitrogen and oxygen atoms in total. The second-order valence-electron chi connectivity index (χ2n) is 13.9. The molecule has 3 N–H and O–H groups in total. The lowest BCUT2D eigenvalue weighted by Gasteiger charge is -2.75. The average molecular weight is 561 g/mol. The summed E-state index contributed by atoms with van der Waals surface area (Å²) >= 11 is 0. The maximum absolute atomic E-state index is 14.0. The fourth-order valence-corrected chi connectivity index (χ4v) is 11.1. The molecule has 6 fully saturated rings. The molecule has 1 aromatic rings. The van der Waals surface area contributed by atoms with E-state index in [1.807, 2.05) is 13.8 Å². The number of rotatable bonds is 6. The number of hydrogen-bond donors (Lipinski definition) is 3. The molecule has 11 atom stereocenters. The van der Waals surface area contributed by atoms with Crippen LogP contribution >= 0.6 is 0 Å². The highest BCUT2D eigenvalue weighted by molar-refractivity contribution is 6.00. The van der Waals surface area contributed by atoms with E-state index in [9.17, 15) is 29.7 Å². The molecule has 11 heteroatoms. The lowest BCUT2D eigenvalue weighted by molar-refractivity contribution is -0.475. The van der Waals surface area contributed by atoms with E-state index >= 15 is 0 Å². The number of ether oxygens (including phenoxy) is 4. The molecule has 3 aliphatic heterocycles. The number of aliphatic carboxylic acids is 1. The Morgan fingerprint density at radius 2 is 1.85 bits per heavy atom. The summed E-state index contributed by atoms with van der Waals surface area (Å²) in [5, 5.41) is 34.9. The van der Waals surface area contributed by atoms with E-state index in [1.165, 1.54) is 12.5 Å². The molecule has 0 aromatic carbocycles. The van der Waals surface area contributed by atoms with Crippen LogP contribution in [0.5, 0.6) is 0 Å². The summed E-state index contributed by atoms with van der Waals surface area (Å²) in [4.78, 5) is 39.7. The lowest BCUT2D eigenvalue weighted by Crippen LogP contribution is -2.93. The zero-order valence-corrected chi connectivity index (χ0v) is 23.5. The number of esters is 1. The van der Waals surface area contributed by atoms with Crippen LogP contribution in [-0.2, 0) is 28.5 Å². The maximum atomic E-state index is 14.0. The molecule has 11 unspecified atom stereocenters. The van der Waals surface area contributed by atoms with Crippen LogP contribution in [-0.4, -0.2) is 73.6 Å². The molecule has 6 aliphatic rings. The Balaban J connectivity index is 1.56. The van der Waals surface area contributed by atoms with Gasteiger partial charge < -0.3 is 38.7 Å². The minimum absolute atomic E-state index is 0.113. The van der Waals surface area contributed by atoms with Crippen LogP contribution in [0, 0.1) is 28.1 Å². The first kappa shape index (κ1) is 26.6. The molecule has 3 saturated heterocycles. The van der Waals surface area contributed by atoms with Crippen molar-refractivity contribution in [3.05, 3.63) is 24.2 Å². The summed E-state index contributed by atoms with van der Waals surface area (Å²) in [6.45, 7) is 10.5. The molecule has 40 heavy (non-hydrogen) atoms. The highest BCUT2D eigenvalue weighted by Crippen LogP contribution is 2.88. The van der Waals surface area contributed by atoms with Gasteiger partial charge in [-0.3, -0.25) is 14.4 Å². The summed E-state index contributed by atoms with van der Waals surface area (Å²) in [6, 6.07) is 1.55. The van der Waals surface area contributed by atoms with Gasteiger partial charge in [-0.15, -0.1) is 0 Å². The van der Waals surface area contributed by atoms with Crippen molar-refractivity contribution in [3.8, 4) is 0 Å². The smallest absolute Gasteiger partial charge is 0.306 e.